The summed E-state index contributed by atoms with van der Waals surface area (Å²) in [4.78, 5) is 28.9. The fraction of sp³-hybridized carbons (Fsp3) is 0.417. The summed E-state index contributed by atoms with van der Waals surface area (Å²) in [7, 11) is 0. The number of benzene rings is 2. The number of rotatable bonds is 8. The van der Waals surface area contributed by atoms with Crippen molar-refractivity contribution < 1.29 is 19.1 Å². The summed E-state index contributed by atoms with van der Waals surface area (Å²) in [5, 5.41) is 0. The minimum absolute atomic E-state index is 0.0757. The Morgan fingerprint density at radius 1 is 0.800 bits per heavy atom. The molecule has 1 saturated heterocycles. The molecule has 1 aliphatic heterocycles. The second kappa shape index (κ2) is 11.2. The SMILES string of the molecule is CCOc1ccc(CC(=O)N2CCCN(C(=O)CCOc3ccccc3)CC2)cc1. The van der Waals surface area contributed by atoms with Crippen LogP contribution in [0.1, 0.15) is 25.3 Å². The van der Waals surface area contributed by atoms with E-state index in [1.54, 1.807) is 0 Å². The average molecular weight is 411 g/mol. The number of nitrogens with zero attached hydrogens (tertiary/aromatic N) is 2. The van der Waals surface area contributed by atoms with E-state index in [1.807, 2.05) is 71.3 Å². The van der Waals surface area contributed by atoms with Crippen LogP contribution in [-0.4, -0.2) is 61.0 Å². The predicted molar refractivity (Wildman–Crippen MR) is 116 cm³/mol. The normalized spacial score (nSPS) is 14.2. The van der Waals surface area contributed by atoms with Gasteiger partial charge in [-0.25, -0.2) is 0 Å². The van der Waals surface area contributed by atoms with E-state index in [-0.39, 0.29) is 11.8 Å². The Morgan fingerprint density at radius 2 is 1.43 bits per heavy atom. The average Bonchev–Trinajstić information content (AvgIpc) is 3.02. The molecule has 0 aliphatic carbocycles. The molecule has 2 amide bonds. The summed E-state index contributed by atoms with van der Waals surface area (Å²) in [5.41, 5.74) is 0.971. The van der Waals surface area contributed by atoms with Crippen LogP contribution in [0.15, 0.2) is 54.6 Å². The summed E-state index contributed by atoms with van der Waals surface area (Å²) in [5.74, 6) is 1.76. The number of para-hydroxylation sites is 1. The van der Waals surface area contributed by atoms with E-state index in [0.29, 0.717) is 52.2 Å². The molecular formula is C24H30N2O4. The molecule has 2 aromatic rings. The van der Waals surface area contributed by atoms with Gasteiger partial charge in [0.15, 0.2) is 0 Å². The van der Waals surface area contributed by atoms with Gasteiger partial charge in [-0.2, -0.15) is 0 Å². The van der Waals surface area contributed by atoms with Gasteiger partial charge in [0.05, 0.1) is 26.1 Å². The zero-order chi connectivity index (χ0) is 21.2. The molecule has 0 spiro atoms. The predicted octanol–water partition coefficient (Wildman–Crippen LogP) is 3.16. The monoisotopic (exact) mass is 410 g/mol. The van der Waals surface area contributed by atoms with E-state index < -0.39 is 0 Å². The van der Waals surface area contributed by atoms with Crippen LogP contribution in [0, 0.1) is 0 Å². The first-order valence-electron chi connectivity index (χ1n) is 10.6. The van der Waals surface area contributed by atoms with Crippen molar-refractivity contribution in [3.8, 4) is 11.5 Å². The van der Waals surface area contributed by atoms with Crippen molar-refractivity contribution in [3.63, 3.8) is 0 Å². The number of carbonyl (C=O) groups is 2. The van der Waals surface area contributed by atoms with Gasteiger partial charge >= 0.3 is 0 Å². The maximum Gasteiger partial charge on any atom is 0.227 e. The van der Waals surface area contributed by atoms with Crippen LogP contribution in [0.3, 0.4) is 0 Å². The second-order valence-corrected chi connectivity index (χ2v) is 7.28. The molecular weight excluding hydrogens is 380 g/mol. The van der Waals surface area contributed by atoms with Crippen LogP contribution < -0.4 is 9.47 Å². The Bertz CT molecular complexity index is 808. The first kappa shape index (κ1) is 21.7. The molecule has 0 unspecified atom stereocenters. The Kier molecular flexibility index (Phi) is 8.12. The number of amides is 2. The van der Waals surface area contributed by atoms with Crippen LogP contribution in [0.4, 0.5) is 0 Å². The van der Waals surface area contributed by atoms with Crippen molar-refractivity contribution in [2.75, 3.05) is 39.4 Å². The van der Waals surface area contributed by atoms with Crippen LogP contribution in [-0.2, 0) is 16.0 Å². The highest BCUT2D eigenvalue weighted by molar-refractivity contribution is 5.79. The minimum atomic E-state index is 0.0757. The Morgan fingerprint density at radius 3 is 2.10 bits per heavy atom. The van der Waals surface area contributed by atoms with Gasteiger partial charge in [0, 0.05) is 26.2 Å². The minimum Gasteiger partial charge on any atom is -0.494 e. The summed E-state index contributed by atoms with van der Waals surface area (Å²) >= 11 is 0. The molecule has 1 fully saturated rings. The van der Waals surface area contributed by atoms with Crippen molar-refractivity contribution in [2.45, 2.75) is 26.2 Å². The van der Waals surface area contributed by atoms with Crippen molar-refractivity contribution in [3.05, 3.63) is 60.2 Å². The molecule has 0 atom stereocenters. The molecule has 30 heavy (non-hydrogen) atoms. The van der Waals surface area contributed by atoms with Crippen molar-refractivity contribution >= 4 is 11.8 Å². The lowest BCUT2D eigenvalue weighted by Gasteiger charge is -2.22. The molecule has 0 radical (unpaired) electrons. The quantitative estimate of drug-likeness (QED) is 0.671. The number of carbonyl (C=O) groups excluding carboxylic acids is 2. The van der Waals surface area contributed by atoms with Crippen LogP contribution in [0.25, 0.3) is 0 Å². The summed E-state index contributed by atoms with van der Waals surface area (Å²) in [6.45, 7) is 5.43. The van der Waals surface area contributed by atoms with Gasteiger partial charge in [0.25, 0.3) is 0 Å². The van der Waals surface area contributed by atoms with E-state index in [9.17, 15) is 9.59 Å². The van der Waals surface area contributed by atoms with Crippen LogP contribution >= 0.6 is 0 Å². The molecule has 0 aromatic heterocycles. The van der Waals surface area contributed by atoms with Gasteiger partial charge < -0.3 is 19.3 Å². The van der Waals surface area contributed by atoms with Crippen molar-refractivity contribution in [1.82, 2.24) is 9.80 Å². The molecule has 2 aromatic carbocycles. The summed E-state index contributed by atoms with van der Waals surface area (Å²) < 4.78 is 11.1. The number of hydrogen-bond acceptors (Lipinski definition) is 4. The third-order valence-corrected chi connectivity index (χ3v) is 5.12. The van der Waals surface area contributed by atoms with E-state index in [2.05, 4.69) is 0 Å². The molecule has 0 bridgehead atoms. The maximum atomic E-state index is 12.7. The molecule has 0 saturated carbocycles. The van der Waals surface area contributed by atoms with Gasteiger partial charge in [-0.05, 0) is 43.2 Å². The van der Waals surface area contributed by atoms with E-state index in [0.717, 1.165) is 23.5 Å². The van der Waals surface area contributed by atoms with E-state index >= 15 is 0 Å². The second-order valence-electron chi connectivity index (χ2n) is 7.28. The molecule has 6 nitrogen and oxygen atoms in total. The zero-order valence-electron chi connectivity index (χ0n) is 17.6. The fourth-order valence-corrected chi connectivity index (χ4v) is 3.50. The molecule has 160 valence electrons. The highest BCUT2D eigenvalue weighted by atomic mass is 16.5. The molecule has 0 N–H and O–H groups in total. The van der Waals surface area contributed by atoms with Crippen molar-refractivity contribution in [2.24, 2.45) is 0 Å². The van der Waals surface area contributed by atoms with E-state index in [1.165, 1.54) is 0 Å². The lowest BCUT2D eigenvalue weighted by Crippen LogP contribution is -2.38. The molecule has 1 aliphatic rings. The highest BCUT2D eigenvalue weighted by Gasteiger charge is 2.22. The maximum absolute atomic E-state index is 12.7. The molecule has 3 rings (SSSR count). The summed E-state index contributed by atoms with van der Waals surface area (Å²) in [6.07, 6.45) is 1.50. The highest BCUT2D eigenvalue weighted by Crippen LogP contribution is 2.14. The Labute approximate surface area is 178 Å². The Balaban J connectivity index is 1.43. The van der Waals surface area contributed by atoms with Crippen molar-refractivity contribution in [1.29, 1.82) is 0 Å². The largest absolute Gasteiger partial charge is 0.494 e. The standard InChI is InChI=1S/C24H30N2O4/c1-2-29-22-11-9-20(10-12-22)19-24(28)26-15-6-14-25(16-17-26)23(27)13-18-30-21-7-4-3-5-8-21/h3-5,7-12H,2,6,13-19H2,1H3. The third kappa shape index (κ3) is 6.51. The fourth-order valence-electron chi connectivity index (χ4n) is 3.50. The molecule has 6 heteroatoms. The smallest absolute Gasteiger partial charge is 0.227 e. The third-order valence-electron chi connectivity index (χ3n) is 5.12. The van der Waals surface area contributed by atoms with Gasteiger partial charge in [-0.1, -0.05) is 30.3 Å². The number of ether oxygens (including phenoxy) is 2. The van der Waals surface area contributed by atoms with Gasteiger partial charge in [0.2, 0.25) is 11.8 Å². The first-order chi connectivity index (χ1) is 14.7. The zero-order valence-corrected chi connectivity index (χ0v) is 17.6. The van der Waals surface area contributed by atoms with Crippen LogP contribution in [0.5, 0.6) is 11.5 Å². The Hall–Kier alpha value is -3.02. The van der Waals surface area contributed by atoms with Gasteiger partial charge in [-0.3, -0.25) is 9.59 Å². The van der Waals surface area contributed by atoms with Gasteiger partial charge in [-0.15, -0.1) is 0 Å². The van der Waals surface area contributed by atoms with Crippen LogP contribution in [0.2, 0.25) is 0 Å². The lowest BCUT2D eigenvalue weighted by molar-refractivity contribution is -0.133. The lowest BCUT2D eigenvalue weighted by atomic mass is 10.1. The molecule has 1 heterocycles. The van der Waals surface area contributed by atoms with E-state index in [4.69, 9.17) is 9.47 Å². The first-order valence-corrected chi connectivity index (χ1v) is 10.6. The number of hydrogen-bond donors (Lipinski definition) is 0. The topological polar surface area (TPSA) is 59.1 Å². The summed E-state index contributed by atoms with van der Waals surface area (Å²) in [6, 6.07) is 17.2. The van der Waals surface area contributed by atoms with Gasteiger partial charge in [0.1, 0.15) is 11.5 Å².